The average molecular weight is 350 g/mol. The van der Waals surface area contributed by atoms with Crippen molar-refractivity contribution in [2.45, 2.75) is 37.9 Å². The molecule has 0 spiro atoms. The zero-order valence-corrected chi connectivity index (χ0v) is 14.0. The molecule has 0 bridgehead atoms. The number of likely N-dealkylation sites (N-methyl/N-ethyl adjacent to an activating group) is 1. The lowest BCUT2D eigenvalue weighted by molar-refractivity contribution is -0.906. The summed E-state index contributed by atoms with van der Waals surface area (Å²) in [6.45, 7) is 0.231. The number of amides is 1. The lowest BCUT2D eigenvalue weighted by Crippen LogP contribution is -2.51. The Bertz CT molecular complexity index is 581. The number of halogens is 4. The van der Waals surface area contributed by atoms with Crippen molar-refractivity contribution in [1.29, 1.82) is 0 Å². The highest BCUT2D eigenvalue weighted by atomic mass is 35.5. The third kappa shape index (κ3) is 4.61. The largest absolute Gasteiger partial charge is 0.417 e. The van der Waals surface area contributed by atoms with Crippen LogP contribution >= 0.6 is 11.6 Å². The minimum Gasteiger partial charge on any atom is -0.321 e. The number of rotatable bonds is 4. The van der Waals surface area contributed by atoms with E-state index >= 15 is 0 Å². The summed E-state index contributed by atoms with van der Waals surface area (Å²) in [7, 11) is 3.97. The van der Waals surface area contributed by atoms with Crippen molar-refractivity contribution in [2.75, 3.05) is 26.0 Å². The number of quaternary nitrogens is 1. The Hall–Kier alpha value is -1.27. The Morgan fingerprint density at radius 3 is 2.48 bits per heavy atom. The van der Waals surface area contributed by atoms with Gasteiger partial charge in [0.05, 0.1) is 30.7 Å². The molecule has 1 aromatic rings. The van der Waals surface area contributed by atoms with Gasteiger partial charge in [-0.25, -0.2) is 0 Å². The van der Waals surface area contributed by atoms with Crippen molar-refractivity contribution in [2.24, 2.45) is 0 Å². The lowest BCUT2D eigenvalue weighted by Gasteiger charge is -2.35. The SMILES string of the molecule is C[N+](C)(CC(=O)Nc1ccc(Cl)c(C(F)(F)F)c1)C1CCCC1. The second-order valence-electron chi connectivity index (χ2n) is 6.62. The van der Waals surface area contributed by atoms with Gasteiger partial charge in [-0.2, -0.15) is 13.2 Å². The van der Waals surface area contributed by atoms with Gasteiger partial charge in [-0.15, -0.1) is 0 Å². The summed E-state index contributed by atoms with van der Waals surface area (Å²) in [4.78, 5) is 12.2. The minimum absolute atomic E-state index is 0.109. The highest BCUT2D eigenvalue weighted by Gasteiger charge is 2.35. The quantitative estimate of drug-likeness (QED) is 0.806. The number of anilines is 1. The molecule has 7 heteroatoms. The van der Waals surface area contributed by atoms with E-state index in [1.54, 1.807) is 0 Å². The van der Waals surface area contributed by atoms with E-state index in [-0.39, 0.29) is 23.2 Å². The highest BCUT2D eigenvalue weighted by molar-refractivity contribution is 6.31. The summed E-state index contributed by atoms with van der Waals surface area (Å²) >= 11 is 5.57. The first-order chi connectivity index (χ1) is 10.6. The fraction of sp³-hybridized carbons (Fsp3) is 0.562. The number of alkyl halides is 3. The van der Waals surface area contributed by atoms with Crippen molar-refractivity contribution < 1.29 is 22.4 Å². The second-order valence-corrected chi connectivity index (χ2v) is 7.02. The number of carbonyl (C=O) groups excluding carboxylic acids is 1. The van der Waals surface area contributed by atoms with E-state index in [1.165, 1.54) is 18.9 Å². The van der Waals surface area contributed by atoms with Gasteiger partial charge in [-0.05, 0) is 43.9 Å². The fourth-order valence-corrected chi connectivity index (χ4v) is 3.35. The number of benzene rings is 1. The standard InChI is InChI=1S/C16H20ClF3N2O/c1-22(2,12-5-3-4-6-12)10-15(23)21-11-7-8-14(17)13(9-11)16(18,19)20/h7-9,12H,3-6,10H2,1-2H3/p+1. The van der Waals surface area contributed by atoms with Crippen LogP contribution in [0.1, 0.15) is 31.2 Å². The molecule has 128 valence electrons. The van der Waals surface area contributed by atoms with E-state index in [9.17, 15) is 18.0 Å². The molecule has 0 atom stereocenters. The maximum Gasteiger partial charge on any atom is 0.417 e. The van der Waals surface area contributed by atoms with Crippen molar-refractivity contribution in [3.05, 3.63) is 28.8 Å². The van der Waals surface area contributed by atoms with E-state index in [0.717, 1.165) is 25.0 Å². The van der Waals surface area contributed by atoms with Crippen LogP contribution in [0.25, 0.3) is 0 Å². The molecule has 2 rings (SSSR count). The van der Waals surface area contributed by atoms with Crippen LogP contribution in [0.5, 0.6) is 0 Å². The third-order valence-corrected chi connectivity index (χ3v) is 4.75. The molecule has 23 heavy (non-hydrogen) atoms. The maximum atomic E-state index is 12.8. The van der Waals surface area contributed by atoms with Gasteiger partial charge in [-0.1, -0.05) is 11.6 Å². The molecule has 1 aliphatic carbocycles. The van der Waals surface area contributed by atoms with Crippen LogP contribution in [0.15, 0.2) is 18.2 Å². The van der Waals surface area contributed by atoms with Crippen molar-refractivity contribution in [1.82, 2.24) is 0 Å². The van der Waals surface area contributed by atoms with Gasteiger partial charge in [0.15, 0.2) is 6.54 Å². The predicted molar refractivity (Wildman–Crippen MR) is 84.3 cm³/mol. The molecule has 0 saturated heterocycles. The maximum absolute atomic E-state index is 12.8. The molecule has 1 aromatic carbocycles. The number of carbonyl (C=O) groups is 1. The molecule has 1 amide bonds. The van der Waals surface area contributed by atoms with Gasteiger partial charge >= 0.3 is 6.18 Å². The van der Waals surface area contributed by atoms with Crippen LogP contribution in [0.4, 0.5) is 18.9 Å². The van der Waals surface area contributed by atoms with Gasteiger partial charge in [0.2, 0.25) is 0 Å². The topological polar surface area (TPSA) is 29.1 Å². The summed E-state index contributed by atoms with van der Waals surface area (Å²) in [5.41, 5.74) is -0.834. The van der Waals surface area contributed by atoms with Crippen LogP contribution in [-0.4, -0.2) is 37.1 Å². The van der Waals surface area contributed by atoms with Gasteiger partial charge in [0.25, 0.3) is 5.91 Å². The first-order valence-corrected chi connectivity index (χ1v) is 7.96. The monoisotopic (exact) mass is 349 g/mol. The highest BCUT2D eigenvalue weighted by Crippen LogP contribution is 2.36. The fourth-order valence-electron chi connectivity index (χ4n) is 3.12. The lowest BCUT2D eigenvalue weighted by atomic mass is 10.1. The number of hydrogen-bond donors (Lipinski definition) is 1. The Labute approximate surface area is 139 Å². The molecule has 3 nitrogen and oxygen atoms in total. The molecule has 1 aliphatic rings. The molecule has 0 unspecified atom stereocenters. The second kappa shape index (κ2) is 6.69. The summed E-state index contributed by atoms with van der Waals surface area (Å²) in [6.07, 6.45) is -0.0456. The van der Waals surface area contributed by atoms with E-state index in [1.807, 2.05) is 14.1 Å². The first-order valence-electron chi connectivity index (χ1n) is 7.59. The van der Waals surface area contributed by atoms with E-state index in [4.69, 9.17) is 11.6 Å². The van der Waals surface area contributed by atoms with Crippen LogP contribution in [0.3, 0.4) is 0 Å². The zero-order valence-electron chi connectivity index (χ0n) is 13.2. The van der Waals surface area contributed by atoms with E-state index in [0.29, 0.717) is 10.5 Å². The predicted octanol–water partition coefficient (Wildman–Crippen LogP) is 4.32. The molecule has 0 heterocycles. The minimum atomic E-state index is -4.54. The van der Waals surface area contributed by atoms with Crippen molar-refractivity contribution >= 4 is 23.2 Å². The van der Waals surface area contributed by atoms with Crippen molar-refractivity contribution in [3.63, 3.8) is 0 Å². The molecule has 1 fully saturated rings. The summed E-state index contributed by atoms with van der Waals surface area (Å²) in [6, 6.07) is 3.83. The summed E-state index contributed by atoms with van der Waals surface area (Å²) in [5.74, 6) is -0.294. The number of hydrogen-bond acceptors (Lipinski definition) is 1. The molecule has 1 saturated carbocycles. The number of nitrogens with one attached hydrogen (secondary N) is 1. The van der Waals surface area contributed by atoms with Crippen LogP contribution in [0, 0.1) is 0 Å². The average Bonchev–Trinajstić information content (AvgIpc) is 2.93. The molecule has 0 radical (unpaired) electrons. The van der Waals surface area contributed by atoms with E-state index in [2.05, 4.69) is 5.32 Å². The van der Waals surface area contributed by atoms with Crippen LogP contribution < -0.4 is 5.32 Å². The van der Waals surface area contributed by atoms with Gasteiger partial charge in [-0.3, -0.25) is 4.79 Å². The molecule has 0 aliphatic heterocycles. The molecular weight excluding hydrogens is 329 g/mol. The molecule has 0 aromatic heterocycles. The van der Waals surface area contributed by atoms with Gasteiger partial charge < -0.3 is 9.80 Å². The van der Waals surface area contributed by atoms with Crippen LogP contribution in [-0.2, 0) is 11.0 Å². The summed E-state index contributed by atoms with van der Waals surface area (Å²) < 4.78 is 39.1. The molecular formula is C16H21ClF3N2O+. The Balaban J connectivity index is 2.05. The zero-order chi connectivity index (χ0) is 17.3. The Kier molecular flexibility index (Phi) is 5.26. The smallest absolute Gasteiger partial charge is 0.321 e. The first kappa shape index (κ1) is 18.1. The normalized spacial score (nSPS) is 16.6. The summed E-state index contributed by atoms with van der Waals surface area (Å²) in [5, 5.41) is 2.17. The van der Waals surface area contributed by atoms with Crippen LogP contribution in [0.2, 0.25) is 5.02 Å². The number of nitrogens with zero attached hydrogens (tertiary/aromatic N) is 1. The van der Waals surface area contributed by atoms with Gasteiger partial charge in [0, 0.05) is 5.69 Å². The Morgan fingerprint density at radius 1 is 1.30 bits per heavy atom. The molecule has 1 N–H and O–H groups in total. The van der Waals surface area contributed by atoms with E-state index < -0.39 is 11.7 Å². The third-order valence-electron chi connectivity index (χ3n) is 4.42. The van der Waals surface area contributed by atoms with Gasteiger partial charge in [0.1, 0.15) is 0 Å². The van der Waals surface area contributed by atoms with Crippen molar-refractivity contribution in [3.8, 4) is 0 Å². The Morgan fingerprint density at radius 2 is 1.91 bits per heavy atom.